The van der Waals surface area contributed by atoms with Gasteiger partial charge in [-0.05, 0) is 43.2 Å². The molecule has 128 valence electrons. The number of hydrogen-bond donors (Lipinski definition) is 0. The van der Waals surface area contributed by atoms with Crippen molar-refractivity contribution < 1.29 is 9.90 Å². The molecule has 0 aliphatic heterocycles. The van der Waals surface area contributed by atoms with Crippen LogP contribution >= 0.6 is 23.4 Å². The fraction of sp³-hybridized carbons (Fsp3) is 0.167. The predicted octanol–water partition coefficient (Wildman–Crippen LogP) is 2.66. The van der Waals surface area contributed by atoms with Gasteiger partial charge < -0.3 is 9.90 Å². The van der Waals surface area contributed by atoms with E-state index < -0.39 is 5.97 Å². The number of benzene rings is 2. The average molecular weight is 374 g/mol. The number of aromatic nitrogens is 2. The van der Waals surface area contributed by atoms with Crippen molar-refractivity contribution in [1.29, 1.82) is 0 Å². The monoisotopic (exact) mass is 373 g/mol. The molecule has 5 nitrogen and oxygen atoms in total. The van der Waals surface area contributed by atoms with Gasteiger partial charge in [-0.2, -0.15) is 0 Å². The third-order valence-corrected chi connectivity index (χ3v) is 4.83. The summed E-state index contributed by atoms with van der Waals surface area (Å²) in [6.45, 7) is 0. The van der Waals surface area contributed by atoms with Gasteiger partial charge in [0.15, 0.2) is 5.16 Å². The summed E-state index contributed by atoms with van der Waals surface area (Å²) in [7, 11) is 0. The van der Waals surface area contributed by atoms with Crippen LogP contribution in [0, 0.1) is 0 Å². The second-order valence-corrected chi connectivity index (χ2v) is 6.85. The summed E-state index contributed by atoms with van der Waals surface area (Å²) < 4.78 is 1.51. The molecule has 1 aromatic heterocycles. The van der Waals surface area contributed by atoms with Crippen LogP contribution in [0.25, 0.3) is 16.6 Å². The van der Waals surface area contributed by atoms with Gasteiger partial charge >= 0.3 is 0 Å². The summed E-state index contributed by atoms with van der Waals surface area (Å²) in [5.41, 5.74) is 1.04. The third-order valence-electron chi connectivity index (χ3n) is 3.57. The number of rotatable bonds is 6. The first-order chi connectivity index (χ1) is 12.1. The standard InChI is InChI=1S/C18H15ClN2O3S/c19-12-5-3-6-13(11-12)21-17(24)14-7-1-2-8-15(14)20-18(21)25-10-4-9-16(22)23/h1-3,5-8,11H,4,9-10H2,(H,22,23)/p-1. The molecule has 0 fully saturated rings. The van der Waals surface area contributed by atoms with E-state index in [4.69, 9.17) is 11.6 Å². The van der Waals surface area contributed by atoms with Gasteiger partial charge in [-0.25, -0.2) is 4.98 Å². The maximum atomic E-state index is 13.0. The molecule has 7 heteroatoms. The fourth-order valence-corrected chi connectivity index (χ4v) is 3.57. The number of nitrogens with zero attached hydrogens (tertiary/aromatic N) is 2. The lowest BCUT2D eigenvalue weighted by atomic mass is 10.2. The van der Waals surface area contributed by atoms with Crippen molar-refractivity contribution in [2.45, 2.75) is 18.0 Å². The minimum atomic E-state index is -1.08. The number of carboxylic acids is 1. The highest BCUT2D eigenvalue weighted by atomic mass is 35.5. The van der Waals surface area contributed by atoms with Crippen LogP contribution in [0.15, 0.2) is 58.5 Å². The zero-order valence-corrected chi connectivity index (χ0v) is 14.7. The van der Waals surface area contributed by atoms with E-state index in [9.17, 15) is 14.7 Å². The van der Waals surface area contributed by atoms with Gasteiger partial charge in [0.2, 0.25) is 0 Å². The van der Waals surface area contributed by atoms with Crippen LogP contribution in [0.2, 0.25) is 5.02 Å². The number of para-hydroxylation sites is 1. The van der Waals surface area contributed by atoms with Crippen molar-refractivity contribution in [3.05, 3.63) is 63.9 Å². The number of halogens is 1. The maximum absolute atomic E-state index is 13.0. The first-order valence-electron chi connectivity index (χ1n) is 7.66. The molecule has 0 N–H and O–H groups in total. The molecular weight excluding hydrogens is 360 g/mol. The van der Waals surface area contributed by atoms with Crippen molar-refractivity contribution in [3.63, 3.8) is 0 Å². The third kappa shape index (κ3) is 4.03. The molecule has 0 saturated carbocycles. The molecule has 0 aliphatic carbocycles. The number of hydrogen-bond acceptors (Lipinski definition) is 5. The summed E-state index contributed by atoms with van der Waals surface area (Å²) in [6.07, 6.45) is 0.410. The molecule has 3 aromatic rings. The lowest BCUT2D eigenvalue weighted by molar-refractivity contribution is -0.305. The van der Waals surface area contributed by atoms with Crippen LogP contribution in [-0.2, 0) is 4.79 Å². The molecule has 0 amide bonds. The highest BCUT2D eigenvalue weighted by Gasteiger charge is 2.13. The minimum absolute atomic E-state index is 0.0258. The SMILES string of the molecule is O=C([O-])CCCSc1nc2ccccc2c(=O)n1-c1cccc(Cl)c1. The summed E-state index contributed by atoms with van der Waals surface area (Å²) in [5, 5.41) is 12.1. The Morgan fingerprint density at radius 3 is 2.76 bits per heavy atom. The van der Waals surface area contributed by atoms with Crippen LogP contribution in [0.5, 0.6) is 0 Å². The van der Waals surface area contributed by atoms with Gasteiger partial charge in [0.05, 0.1) is 16.6 Å². The van der Waals surface area contributed by atoms with E-state index >= 15 is 0 Å². The van der Waals surface area contributed by atoms with E-state index in [-0.39, 0.29) is 12.0 Å². The molecule has 0 bridgehead atoms. The first kappa shape index (κ1) is 17.5. The van der Waals surface area contributed by atoms with Gasteiger partial charge in [0.1, 0.15) is 0 Å². The van der Waals surface area contributed by atoms with Crippen LogP contribution in [0.4, 0.5) is 0 Å². The summed E-state index contributed by atoms with van der Waals surface area (Å²) in [6, 6.07) is 14.1. The van der Waals surface area contributed by atoms with Gasteiger partial charge in [0.25, 0.3) is 5.56 Å². The van der Waals surface area contributed by atoms with E-state index in [1.807, 2.05) is 6.07 Å². The Kier molecular flexibility index (Phi) is 5.40. The minimum Gasteiger partial charge on any atom is -0.550 e. The van der Waals surface area contributed by atoms with Gasteiger partial charge in [-0.3, -0.25) is 9.36 Å². The normalized spacial score (nSPS) is 10.9. The zero-order valence-electron chi connectivity index (χ0n) is 13.1. The molecule has 0 radical (unpaired) electrons. The summed E-state index contributed by atoms with van der Waals surface area (Å²) in [4.78, 5) is 28.1. The predicted molar refractivity (Wildman–Crippen MR) is 97.3 cm³/mol. The quantitative estimate of drug-likeness (QED) is 0.377. The number of aliphatic carboxylic acids is 1. The van der Waals surface area contributed by atoms with Crippen LogP contribution in [0.1, 0.15) is 12.8 Å². The molecule has 3 rings (SSSR count). The molecular formula is C18H14ClN2O3S-. The summed E-state index contributed by atoms with van der Waals surface area (Å²) in [5.74, 6) is -0.571. The lowest BCUT2D eigenvalue weighted by Crippen LogP contribution is -2.22. The Morgan fingerprint density at radius 1 is 1.20 bits per heavy atom. The van der Waals surface area contributed by atoms with Crippen molar-refractivity contribution in [2.24, 2.45) is 0 Å². The largest absolute Gasteiger partial charge is 0.550 e. The topological polar surface area (TPSA) is 75.0 Å². The Bertz CT molecular complexity index is 987. The van der Waals surface area contributed by atoms with E-state index in [0.29, 0.717) is 38.9 Å². The lowest BCUT2D eigenvalue weighted by Gasteiger charge is -2.13. The number of thioether (sulfide) groups is 1. The van der Waals surface area contributed by atoms with Crippen molar-refractivity contribution in [2.75, 3.05) is 5.75 Å². The van der Waals surface area contributed by atoms with Crippen LogP contribution in [0.3, 0.4) is 0 Å². The smallest absolute Gasteiger partial charge is 0.266 e. The second-order valence-electron chi connectivity index (χ2n) is 5.36. The summed E-state index contributed by atoms with van der Waals surface area (Å²) >= 11 is 7.40. The van der Waals surface area contributed by atoms with Gasteiger partial charge in [-0.15, -0.1) is 0 Å². The Morgan fingerprint density at radius 2 is 2.00 bits per heavy atom. The van der Waals surface area contributed by atoms with Gasteiger partial charge in [0, 0.05) is 16.7 Å². The van der Waals surface area contributed by atoms with Gasteiger partial charge in [-0.1, -0.05) is 41.6 Å². The van der Waals surface area contributed by atoms with Crippen molar-refractivity contribution in [1.82, 2.24) is 9.55 Å². The number of carbonyl (C=O) groups excluding carboxylic acids is 1. The first-order valence-corrected chi connectivity index (χ1v) is 9.03. The van der Waals surface area contributed by atoms with E-state index in [0.717, 1.165) is 0 Å². The van der Waals surface area contributed by atoms with Crippen LogP contribution < -0.4 is 10.7 Å². The molecule has 0 aliphatic rings. The zero-order chi connectivity index (χ0) is 17.8. The van der Waals surface area contributed by atoms with Crippen molar-refractivity contribution >= 4 is 40.2 Å². The number of carboxylic acid groups (broad SMARTS) is 1. The number of fused-ring (bicyclic) bond motifs is 1. The highest BCUT2D eigenvalue weighted by molar-refractivity contribution is 7.99. The van der Waals surface area contributed by atoms with Crippen LogP contribution in [-0.4, -0.2) is 21.3 Å². The molecule has 1 heterocycles. The Hall–Kier alpha value is -2.31. The Labute approximate surface area is 153 Å². The highest BCUT2D eigenvalue weighted by Crippen LogP contribution is 2.23. The molecule has 2 aromatic carbocycles. The maximum Gasteiger partial charge on any atom is 0.266 e. The number of carbonyl (C=O) groups is 1. The van der Waals surface area contributed by atoms with E-state index in [1.54, 1.807) is 42.5 Å². The Balaban J connectivity index is 2.08. The molecule has 0 atom stereocenters. The molecule has 25 heavy (non-hydrogen) atoms. The second kappa shape index (κ2) is 7.72. The van der Waals surface area contributed by atoms with E-state index in [1.165, 1.54) is 16.3 Å². The molecule has 0 saturated heterocycles. The fourth-order valence-electron chi connectivity index (χ4n) is 2.43. The van der Waals surface area contributed by atoms with E-state index in [2.05, 4.69) is 4.98 Å². The average Bonchev–Trinajstić information content (AvgIpc) is 2.59. The van der Waals surface area contributed by atoms with Crippen molar-refractivity contribution in [3.8, 4) is 5.69 Å². The molecule has 0 spiro atoms. The molecule has 0 unspecified atom stereocenters.